The Balaban J connectivity index is 2.11. The first-order chi connectivity index (χ1) is 15.6. The number of benzene rings is 2. The number of carbonyl (C=O) groups excluding carboxylic acids is 2. The van der Waals surface area contributed by atoms with Crippen molar-refractivity contribution in [2.75, 3.05) is 30.7 Å². The molecule has 0 fully saturated rings. The van der Waals surface area contributed by atoms with Crippen LogP contribution < -0.4 is 9.62 Å². The highest BCUT2D eigenvalue weighted by Crippen LogP contribution is 2.28. The summed E-state index contributed by atoms with van der Waals surface area (Å²) in [4.78, 5) is 26.9. The average molecular weight is 494 g/mol. The van der Waals surface area contributed by atoms with Crippen LogP contribution in [0, 0.1) is 6.92 Å². The summed E-state index contributed by atoms with van der Waals surface area (Å²) in [6.07, 6.45) is 2.17. The second-order valence-corrected chi connectivity index (χ2v) is 10.2. The van der Waals surface area contributed by atoms with Crippen molar-refractivity contribution >= 4 is 39.1 Å². The average Bonchev–Trinajstić information content (AvgIpc) is 2.78. The van der Waals surface area contributed by atoms with Crippen LogP contribution in [-0.4, -0.2) is 57.6 Å². The fourth-order valence-corrected chi connectivity index (χ4v) is 4.81. The highest BCUT2D eigenvalue weighted by Gasteiger charge is 2.26. The summed E-state index contributed by atoms with van der Waals surface area (Å²) in [7, 11) is -2.03. The number of nitrogens with one attached hydrogen (secondary N) is 1. The molecular formula is C24H32ClN3O4S. The van der Waals surface area contributed by atoms with Gasteiger partial charge in [0.2, 0.25) is 21.8 Å². The minimum atomic E-state index is -3.57. The van der Waals surface area contributed by atoms with E-state index >= 15 is 0 Å². The Labute approximate surface area is 201 Å². The lowest BCUT2D eigenvalue weighted by Gasteiger charge is -2.29. The van der Waals surface area contributed by atoms with Gasteiger partial charge in [-0.05, 0) is 49.9 Å². The lowest BCUT2D eigenvalue weighted by atomic mass is 10.1. The summed E-state index contributed by atoms with van der Waals surface area (Å²) in [6, 6.07) is 14.2. The molecule has 1 unspecified atom stereocenters. The van der Waals surface area contributed by atoms with Crippen LogP contribution in [0.2, 0.25) is 5.02 Å². The van der Waals surface area contributed by atoms with Crippen molar-refractivity contribution in [3.05, 3.63) is 64.7 Å². The van der Waals surface area contributed by atoms with Gasteiger partial charge in [0.25, 0.3) is 0 Å². The number of hydrogen-bond donors (Lipinski definition) is 1. The number of halogens is 1. The number of sulfonamides is 1. The first-order valence-electron chi connectivity index (χ1n) is 10.8. The molecular weight excluding hydrogens is 462 g/mol. The molecule has 0 aliphatic carbocycles. The van der Waals surface area contributed by atoms with Gasteiger partial charge in [0.15, 0.2) is 0 Å². The lowest BCUT2D eigenvalue weighted by molar-refractivity contribution is -0.139. The maximum atomic E-state index is 13.1. The van der Waals surface area contributed by atoms with Crippen LogP contribution >= 0.6 is 11.6 Å². The summed E-state index contributed by atoms with van der Waals surface area (Å²) in [5, 5.41) is 3.07. The second kappa shape index (κ2) is 12.0. The van der Waals surface area contributed by atoms with E-state index in [2.05, 4.69) is 5.32 Å². The first-order valence-corrected chi connectivity index (χ1v) is 13.1. The molecule has 0 spiro atoms. The molecule has 2 rings (SSSR count). The zero-order valence-electron chi connectivity index (χ0n) is 19.5. The van der Waals surface area contributed by atoms with Gasteiger partial charge in [-0.25, -0.2) is 8.42 Å². The standard InChI is InChI=1S/C24H32ClN3O4S/c1-18-21(25)12-8-13-22(18)28(33(4,31)32)16-9-14-23(29)27(19(2)24(30)26-3)17-15-20-10-6-5-7-11-20/h5-8,10-13,19H,9,14-17H2,1-4H3,(H,26,30). The Morgan fingerprint density at radius 3 is 2.33 bits per heavy atom. The summed E-state index contributed by atoms with van der Waals surface area (Å²) in [5.41, 5.74) is 2.23. The smallest absolute Gasteiger partial charge is 0.242 e. The lowest BCUT2D eigenvalue weighted by Crippen LogP contribution is -2.48. The maximum absolute atomic E-state index is 13.1. The van der Waals surface area contributed by atoms with E-state index in [9.17, 15) is 18.0 Å². The van der Waals surface area contributed by atoms with Crippen LogP contribution in [0.5, 0.6) is 0 Å². The highest BCUT2D eigenvalue weighted by molar-refractivity contribution is 7.92. The van der Waals surface area contributed by atoms with E-state index in [1.807, 2.05) is 30.3 Å². The predicted molar refractivity (Wildman–Crippen MR) is 133 cm³/mol. The molecule has 0 saturated carbocycles. The number of likely N-dealkylation sites (N-methyl/N-ethyl adjacent to an activating group) is 1. The third-order valence-electron chi connectivity index (χ3n) is 5.56. The zero-order chi connectivity index (χ0) is 24.6. The molecule has 0 aliphatic heterocycles. The summed E-state index contributed by atoms with van der Waals surface area (Å²) in [6.45, 7) is 3.98. The van der Waals surface area contributed by atoms with Crippen molar-refractivity contribution in [2.45, 2.75) is 39.2 Å². The molecule has 2 aromatic carbocycles. The van der Waals surface area contributed by atoms with Crippen molar-refractivity contribution in [2.24, 2.45) is 0 Å². The molecule has 2 amide bonds. The molecule has 1 N–H and O–H groups in total. The third kappa shape index (κ3) is 7.47. The van der Waals surface area contributed by atoms with Gasteiger partial charge in [-0.2, -0.15) is 0 Å². The summed E-state index contributed by atoms with van der Waals surface area (Å²) < 4.78 is 26.1. The van der Waals surface area contributed by atoms with Gasteiger partial charge in [-0.1, -0.05) is 48.0 Å². The minimum absolute atomic E-state index is 0.113. The largest absolute Gasteiger partial charge is 0.357 e. The van der Waals surface area contributed by atoms with Gasteiger partial charge in [0.05, 0.1) is 11.9 Å². The molecule has 0 aliphatic rings. The van der Waals surface area contributed by atoms with Crippen molar-refractivity contribution < 1.29 is 18.0 Å². The quantitative estimate of drug-likeness (QED) is 0.519. The van der Waals surface area contributed by atoms with Crippen molar-refractivity contribution in [3.8, 4) is 0 Å². The molecule has 1 atom stereocenters. The van der Waals surface area contributed by atoms with Crippen LogP contribution in [0.15, 0.2) is 48.5 Å². The van der Waals surface area contributed by atoms with Crippen LogP contribution in [0.4, 0.5) is 5.69 Å². The monoisotopic (exact) mass is 493 g/mol. The molecule has 0 saturated heterocycles. The molecule has 180 valence electrons. The Bertz CT molecular complexity index is 1060. The van der Waals surface area contributed by atoms with Gasteiger partial charge in [-0.15, -0.1) is 0 Å². The molecule has 0 radical (unpaired) electrons. The van der Waals surface area contributed by atoms with E-state index in [0.717, 1.165) is 11.8 Å². The second-order valence-electron chi connectivity index (χ2n) is 7.94. The number of anilines is 1. The molecule has 0 aromatic heterocycles. The molecule has 33 heavy (non-hydrogen) atoms. The molecule has 0 heterocycles. The van der Waals surface area contributed by atoms with Gasteiger partial charge >= 0.3 is 0 Å². The number of carbonyl (C=O) groups is 2. The van der Waals surface area contributed by atoms with Gasteiger partial charge in [-0.3, -0.25) is 13.9 Å². The Morgan fingerprint density at radius 1 is 1.06 bits per heavy atom. The number of nitrogens with zero attached hydrogens (tertiary/aromatic N) is 2. The Kier molecular flexibility index (Phi) is 9.73. The number of hydrogen-bond acceptors (Lipinski definition) is 4. The minimum Gasteiger partial charge on any atom is -0.357 e. The third-order valence-corrected chi connectivity index (χ3v) is 7.15. The highest BCUT2D eigenvalue weighted by atomic mass is 35.5. The van der Waals surface area contributed by atoms with E-state index in [0.29, 0.717) is 35.7 Å². The topological polar surface area (TPSA) is 86.8 Å². The Morgan fingerprint density at radius 2 is 1.73 bits per heavy atom. The van der Waals surface area contributed by atoms with Crippen LogP contribution in [-0.2, 0) is 26.0 Å². The van der Waals surface area contributed by atoms with Crippen LogP contribution in [0.25, 0.3) is 0 Å². The van der Waals surface area contributed by atoms with E-state index < -0.39 is 16.1 Å². The van der Waals surface area contributed by atoms with Crippen molar-refractivity contribution in [1.82, 2.24) is 10.2 Å². The fourth-order valence-electron chi connectivity index (χ4n) is 3.63. The SMILES string of the molecule is CNC(=O)C(C)N(CCc1ccccc1)C(=O)CCCN(c1cccc(Cl)c1C)S(C)(=O)=O. The van der Waals surface area contributed by atoms with Crippen molar-refractivity contribution in [1.29, 1.82) is 0 Å². The summed E-state index contributed by atoms with van der Waals surface area (Å²) >= 11 is 6.18. The van der Waals surface area contributed by atoms with Crippen LogP contribution in [0.1, 0.15) is 30.9 Å². The van der Waals surface area contributed by atoms with Gasteiger partial charge in [0, 0.05) is 31.6 Å². The van der Waals surface area contributed by atoms with Gasteiger partial charge < -0.3 is 10.2 Å². The molecule has 0 bridgehead atoms. The fraction of sp³-hybridized carbons (Fsp3) is 0.417. The number of rotatable bonds is 11. The molecule has 2 aromatic rings. The van der Waals surface area contributed by atoms with E-state index in [1.165, 1.54) is 11.4 Å². The Hall–Kier alpha value is -2.58. The van der Waals surface area contributed by atoms with Crippen molar-refractivity contribution in [3.63, 3.8) is 0 Å². The predicted octanol–water partition coefficient (Wildman–Crippen LogP) is 3.40. The van der Waals surface area contributed by atoms with E-state index in [-0.39, 0.29) is 24.8 Å². The maximum Gasteiger partial charge on any atom is 0.242 e. The van der Waals surface area contributed by atoms with E-state index in [1.54, 1.807) is 36.9 Å². The first kappa shape index (κ1) is 26.7. The normalized spacial score (nSPS) is 12.2. The van der Waals surface area contributed by atoms with Gasteiger partial charge in [0.1, 0.15) is 6.04 Å². The molecule has 9 heteroatoms. The zero-order valence-corrected chi connectivity index (χ0v) is 21.1. The van der Waals surface area contributed by atoms with E-state index in [4.69, 9.17) is 11.6 Å². The number of amides is 2. The molecule has 7 nitrogen and oxygen atoms in total. The van der Waals surface area contributed by atoms with Crippen LogP contribution in [0.3, 0.4) is 0 Å². The summed E-state index contributed by atoms with van der Waals surface area (Å²) in [5.74, 6) is -0.443.